The molecule has 0 aliphatic rings. The highest BCUT2D eigenvalue weighted by Crippen LogP contribution is 2.27. The Morgan fingerprint density at radius 3 is 2.00 bits per heavy atom. The number of unbranched alkanes of at least 4 members (excludes halogenated alkanes) is 2. The number of hydrogen-bond donors (Lipinski definition) is 1. The van der Waals surface area contributed by atoms with E-state index in [0.29, 0.717) is 6.61 Å². The van der Waals surface area contributed by atoms with Crippen molar-refractivity contribution in [3.63, 3.8) is 0 Å². The maximum absolute atomic E-state index is 8.82. The van der Waals surface area contributed by atoms with Crippen molar-refractivity contribution in [1.82, 2.24) is 0 Å². The molecule has 0 aromatic heterocycles. The summed E-state index contributed by atoms with van der Waals surface area (Å²) in [5.74, 6) is 0.811. The zero-order chi connectivity index (χ0) is 16.9. The van der Waals surface area contributed by atoms with E-state index in [1.54, 1.807) is 0 Å². The highest BCUT2D eigenvalue weighted by molar-refractivity contribution is 6.84. The smallest absolute Gasteiger partial charge is 0.173 e. The van der Waals surface area contributed by atoms with Crippen LogP contribution >= 0.6 is 0 Å². The minimum Gasteiger partial charge on any atom is -0.455 e. The minimum absolute atomic E-state index is 0.331. The predicted molar refractivity (Wildman–Crippen MR) is 102 cm³/mol. The van der Waals surface area contributed by atoms with Crippen LogP contribution in [0.1, 0.15) is 59.8 Å². The number of rotatable bonds is 11. The Morgan fingerprint density at radius 1 is 0.952 bits per heavy atom. The van der Waals surface area contributed by atoms with Gasteiger partial charge in [-0.2, -0.15) is 0 Å². The van der Waals surface area contributed by atoms with Gasteiger partial charge in [0.25, 0.3) is 0 Å². The molecule has 0 aromatic carbocycles. The van der Waals surface area contributed by atoms with Crippen LogP contribution in [0.2, 0.25) is 38.3 Å². The molecule has 1 N–H and O–H groups in total. The highest BCUT2D eigenvalue weighted by atomic mass is 28.4. The first-order chi connectivity index (χ1) is 9.72. The molecule has 0 aromatic rings. The maximum Gasteiger partial charge on any atom is 0.173 e. The van der Waals surface area contributed by atoms with E-state index < -0.39 is 16.6 Å². The molecule has 0 saturated heterocycles. The Labute approximate surface area is 137 Å². The van der Waals surface area contributed by atoms with Crippen LogP contribution in [0.4, 0.5) is 0 Å². The van der Waals surface area contributed by atoms with Crippen LogP contribution in [0.5, 0.6) is 0 Å². The quantitative estimate of drug-likeness (QED) is 0.369. The molecule has 0 aliphatic heterocycles. The standard InChI is InChI=1S/C15H36O2Si2.C2H6/c1-7-11-15(2)14-19(5,6)17-18(3,4)13-10-8-9-12-16;1-2/h15-16H,7-14H2,1-6H3;1-2H3. The molecule has 0 radical (unpaired) electrons. The van der Waals surface area contributed by atoms with Gasteiger partial charge in [0.05, 0.1) is 0 Å². The molecule has 0 heterocycles. The summed E-state index contributed by atoms with van der Waals surface area (Å²) in [4.78, 5) is 0. The van der Waals surface area contributed by atoms with Gasteiger partial charge in [-0.25, -0.2) is 0 Å². The Morgan fingerprint density at radius 2 is 1.52 bits per heavy atom. The van der Waals surface area contributed by atoms with E-state index in [-0.39, 0.29) is 0 Å². The molecular weight excluding hydrogens is 292 g/mol. The van der Waals surface area contributed by atoms with Gasteiger partial charge in [-0.3, -0.25) is 0 Å². The average molecular weight is 335 g/mol. The second kappa shape index (κ2) is 12.9. The summed E-state index contributed by atoms with van der Waals surface area (Å²) in [7, 11) is -2.99. The summed E-state index contributed by atoms with van der Waals surface area (Å²) in [5.41, 5.74) is 0. The lowest BCUT2D eigenvalue weighted by molar-refractivity contribution is 0.283. The van der Waals surface area contributed by atoms with Gasteiger partial charge in [-0.15, -0.1) is 0 Å². The van der Waals surface area contributed by atoms with Crippen LogP contribution in [-0.2, 0) is 4.12 Å². The Hall–Kier alpha value is 0.354. The lowest BCUT2D eigenvalue weighted by atomic mass is 10.1. The van der Waals surface area contributed by atoms with Crippen LogP contribution in [0, 0.1) is 5.92 Å². The fourth-order valence-electron chi connectivity index (χ4n) is 3.11. The fraction of sp³-hybridized carbons (Fsp3) is 1.00. The highest BCUT2D eigenvalue weighted by Gasteiger charge is 2.33. The van der Waals surface area contributed by atoms with Crippen LogP contribution in [0.25, 0.3) is 0 Å². The first kappa shape index (κ1) is 23.6. The Bertz CT molecular complexity index is 231. The SMILES string of the molecule is CC.CCCC(C)C[Si](C)(C)O[Si](C)(C)CCCCCO. The third kappa shape index (κ3) is 15.0. The van der Waals surface area contributed by atoms with Gasteiger partial charge < -0.3 is 9.22 Å². The van der Waals surface area contributed by atoms with Crippen molar-refractivity contribution in [3.05, 3.63) is 0 Å². The van der Waals surface area contributed by atoms with Crippen molar-refractivity contribution in [2.75, 3.05) is 6.61 Å². The number of aliphatic hydroxyl groups excluding tert-OH is 1. The Kier molecular flexibility index (Phi) is 14.5. The van der Waals surface area contributed by atoms with Crippen LogP contribution in [0.15, 0.2) is 0 Å². The average Bonchev–Trinajstić information content (AvgIpc) is 2.35. The lowest BCUT2D eigenvalue weighted by Crippen LogP contribution is -2.45. The lowest BCUT2D eigenvalue weighted by Gasteiger charge is -2.35. The van der Waals surface area contributed by atoms with Crippen molar-refractivity contribution in [3.8, 4) is 0 Å². The fourth-order valence-corrected chi connectivity index (χ4v) is 12.8. The van der Waals surface area contributed by atoms with E-state index >= 15 is 0 Å². The van der Waals surface area contributed by atoms with E-state index in [1.807, 2.05) is 13.8 Å². The molecule has 0 fully saturated rings. The molecular formula is C17H42O2Si2. The second-order valence-corrected chi connectivity index (χ2v) is 16.0. The molecule has 4 heteroatoms. The second-order valence-electron chi connectivity index (χ2n) is 7.25. The first-order valence-corrected chi connectivity index (χ1v) is 15.3. The topological polar surface area (TPSA) is 29.5 Å². The van der Waals surface area contributed by atoms with Gasteiger partial charge in [0, 0.05) is 6.61 Å². The molecule has 1 unspecified atom stereocenters. The van der Waals surface area contributed by atoms with E-state index in [9.17, 15) is 0 Å². The number of aliphatic hydroxyl groups is 1. The molecule has 21 heavy (non-hydrogen) atoms. The summed E-state index contributed by atoms with van der Waals surface area (Å²) in [6.07, 6.45) is 5.92. The van der Waals surface area contributed by atoms with Gasteiger partial charge >= 0.3 is 0 Å². The van der Waals surface area contributed by atoms with Crippen molar-refractivity contribution < 1.29 is 9.22 Å². The van der Waals surface area contributed by atoms with E-state index in [0.717, 1.165) is 18.8 Å². The van der Waals surface area contributed by atoms with Crippen molar-refractivity contribution in [1.29, 1.82) is 0 Å². The zero-order valence-electron chi connectivity index (χ0n) is 16.1. The predicted octanol–water partition coefficient (Wildman–Crippen LogP) is 6.04. The molecule has 0 bridgehead atoms. The van der Waals surface area contributed by atoms with Crippen LogP contribution in [0.3, 0.4) is 0 Å². The number of hydrogen-bond acceptors (Lipinski definition) is 2. The summed E-state index contributed by atoms with van der Waals surface area (Å²) in [5, 5.41) is 8.82. The van der Waals surface area contributed by atoms with Crippen LogP contribution < -0.4 is 0 Å². The summed E-state index contributed by atoms with van der Waals surface area (Å²) in [6, 6.07) is 2.54. The molecule has 0 amide bonds. The monoisotopic (exact) mass is 334 g/mol. The minimum atomic E-state index is -1.50. The van der Waals surface area contributed by atoms with Crippen molar-refractivity contribution >= 4 is 16.6 Å². The van der Waals surface area contributed by atoms with E-state index in [1.165, 1.54) is 31.4 Å². The molecule has 1 atom stereocenters. The summed E-state index contributed by atoms with van der Waals surface area (Å²) in [6.45, 7) is 18.5. The largest absolute Gasteiger partial charge is 0.455 e. The van der Waals surface area contributed by atoms with E-state index in [4.69, 9.17) is 9.22 Å². The molecule has 2 nitrogen and oxygen atoms in total. The maximum atomic E-state index is 8.82. The zero-order valence-corrected chi connectivity index (χ0v) is 18.1. The third-order valence-electron chi connectivity index (χ3n) is 3.61. The van der Waals surface area contributed by atoms with Gasteiger partial charge in [0.1, 0.15) is 0 Å². The molecule has 130 valence electrons. The summed E-state index contributed by atoms with van der Waals surface area (Å²) < 4.78 is 6.64. The van der Waals surface area contributed by atoms with Crippen LogP contribution in [-0.4, -0.2) is 28.3 Å². The first-order valence-electron chi connectivity index (χ1n) is 9.03. The molecule has 0 rings (SSSR count). The van der Waals surface area contributed by atoms with Crippen molar-refractivity contribution in [2.45, 2.75) is 98.1 Å². The van der Waals surface area contributed by atoms with E-state index in [2.05, 4.69) is 40.0 Å². The third-order valence-corrected chi connectivity index (χ3v) is 11.3. The molecule has 0 spiro atoms. The van der Waals surface area contributed by atoms with Gasteiger partial charge in [0.15, 0.2) is 16.6 Å². The van der Waals surface area contributed by atoms with Gasteiger partial charge in [-0.05, 0) is 50.6 Å². The Balaban J connectivity index is 0. The van der Waals surface area contributed by atoms with Gasteiger partial charge in [-0.1, -0.05) is 53.4 Å². The molecule has 0 aliphatic carbocycles. The van der Waals surface area contributed by atoms with Gasteiger partial charge in [0.2, 0.25) is 0 Å². The summed E-state index contributed by atoms with van der Waals surface area (Å²) >= 11 is 0. The van der Waals surface area contributed by atoms with Crippen molar-refractivity contribution in [2.24, 2.45) is 5.92 Å². The molecule has 0 saturated carbocycles. The normalized spacial score (nSPS) is 13.6.